The van der Waals surface area contributed by atoms with Gasteiger partial charge in [-0.25, -0.2) is 9.82 Å². The summed E-state index contributed by atoms with van der Waals surface area (Å²) in [7, 11) is -2.08. The second kappa shape index (κ2) is 7.79. The maximum absolute atomic E-state index is 10.9. The molecule has 0 amide bonds. The number of aromatic nitrogens is 3. The van der Waals surface area contributed by atoms with Crippen LogP contribution in [-0.4, -0.2) is 30.5 Å². The molecule has 3 rings (SSSR count). The lowest BCUT2D eigenvalue weighted by Gasteiger charge is -2.06. The zero-order chi connectivity index (χ0) is 17.2. The molecule has 0 aliphatic carbocycles. The molecule has 0 bridgehead atoms. The van der Waals surface area contributed by atoms with Crippen LogP contribution < -0.4 is 14.6 Å². The van der Waals surface area contributed by atoms with Gasteiger partial charge < -0.3 is 4.74 Å². The summed E-state index contributed by atoms with van der Waals surface area (Å²) < 4.78 is 31.0. The van der Waals surface area contributed by atoms with Crippen LogP contribution in [0.4, 0.5) is 0 Å². The molecule has 3 N–H and O–H groups in total. The van der Waals surface area contributed by atoms with Crippen molar-refractivity contribution in [2.45, 2.75) is 13.1 Å². The Kier molecular flexibility index (Phi) is 5.96. The highest BCUT2D eigenvalue weighted by atomic mass is 35.5. The molecule has 2 aromatic carbocycles. The van der Waals surface area contributed by atoms with Crippen LogP contribution in [0.3, 0.4) is 0 Å². The van der Waals surface area contributed by atoms with E-state index in [0.717, 1.165) is 27.9 Å². The molecule has 0 unspecified atom stereocenters. The first kappa shape index (κ1) is 19.1. The molecule has 3 aromatic rings. The second-order valence-corrected chi connectivity index (χ2v) is 6.66. The standard InChI is InChI=1S/C15H17N5O3S.ClH/c1-23-13-6-7-15-14(8-13)18-19-20(15)10-12-4-2-11(3-5-12)9-17-24(16,21)22;/h2-8,17H,9-10H2,1H3,(H2,16,21,22);1H. The highest BCUT2D eigenvalue weighted by Gasteiger charge is 2.07. The molecule has 134 valence electrons. The van der Waals surface area contributed by atoms with Crippen LogP contribution in [-0.2, 0) is 23.3 Å². The van der Waals surface area contributed by atoms with Gasteiger partial charge in [-0.3, -0.25) is 0 Å². The topological polar surface area (TPSA) is 112 Å². The summed E-state index contributed by atoms with van der Waals surface area (Å²) in [6.45, 7) is 0.719. The summed E-state index contributed by atoms with van der Waals surface area (Å²) in [6.07, 6.45) is 0. The average Bonchev–Trinajstić information content (AvgIpc) is 2.95. The molecule has 1 aromatic heterocycles. The van der Waals surface area contributed by atoms with Crippen molar-refractivity contribution in [2.75, 3.05) is 7.11 Å². The largest absolute Gasteiger partial charge is 0.497 e. The zero-order valence-corrected chi connectivity index (χ0v) is 15.0. The highest BCUT2D eigenvalue weighted by molar-refractivity contribution is 7.87. The number of ether oxygens (including phenoxy) is 1. The van der Waals surface area contributed by atoms with E-state index in [4.69, 9.17) is 9.88 Å². The Hall–Kier alpha value is -2.20. The molecule has 1 heterocycles. The van der Waals surface area contributed by atoms with Gasteiger partial charge >= 0.3 is 0 Å². The van der Waals surface area contributed by atoms with Gasteiger partial charge in [-0.05, 0) is 23.3 Å². The van der Waals surface area contributed by atoms with Crippen LogP contribution in [0.2, 0.25) is 0 Å². The summed E-state index contributed by atoms with van der Waals surface area (Å²) in [5.41, 5.74) is 3.53. The van der Waals surface area contributed by atoms with Gasteiger partial charge in [0, 0.05) is 12.6 Å². The van der Waals surface area contributed by atoms with Gasteiger partial charge in [-0.15, -0.1) is 17.5 Å². The third-order valence-electron chi connectivity index (χ3n) is 3.55. The lowest BCUT2D eigenvalue weighted by molar-refractivity contribution is 0.415. The fourth-order valence-electron chi connectivity index (χ4n) is 2.32. The number of nitrogens with one attached hydrogen (secondary N) is 1. The second-order valence-electron chi connectivity index (χ2n) is 5.28. The van der Waals surface area contributed by atoms with Crippen molar-refractivity contribution in [2.24, 2.45) is 5.14 Å². The van der Waals surface area contributed by atoms with Gasteiger partial charge in [-0.2, -0.15) is 13.1 Å². The Labute approximate surface area is 151 Å². The van der Waals surface area contributed by atoms with Crippen molar-refractivity contribution in [3.8, 4) is 5.75 Å². The summed E-state index contributed by atoms with van der Waals surface area (Å²) in [5, 5.41) is 13.2. The fraction of sp³-hybridized carbons (Fsp3) is 0.200. The minimum absolute atomic E-state index is 0. The maximum Gasteiger partial charge on any atom is 0.274 e. The molecule has 0 fully saturated rings. The highest BCUT2D eigenvalue weighted by Crippen LogP contribution is 2.19. The van der Waals surface area contributed by atoms with E-state index in [2.05, 4.69) is 15.0 Å². The van der Waals surface area contributed by atoms with Crippen molar-refractivity contribution in [3.63, 3.8) is 0 Å². The first-order chi connectivity index (χ1) is 11.4. The number of rotatable bonds is 6. The lowest BCUT2D eigenvalue weighted by atomic mass is 10.1. The van der Waals surface area contributed by atoms with Crippen LogP contribution in [0.5, 0.6) is 5.75 Å². The van der Waals surface area contributed by atoms with Gasteiger partial charge in [0.25, 0.3) is 10.2 Å². The molecule has 25 heavy (non-hydrogen) atoms. The summed E-state index contributed by atoms with van der Waals surface area (Å²) in [4.78, 5) is 0. The van der Waals surface area contributed by atoms with Crippen LogP contribution in [0.25, 0.3) is 11.0 Å². The summed E-state index contributed by atoms with van der Waals surface area (Å²) in [5.74, 6) is 0.737. The molecule has 0 radical (unpaired) electrons. The zero-order valence-electron chi connectivity index (χ0n) is 13.4. The molecule has 0 aliphatic heterocycles. The molecule has 0 saturated carbocycles. The minimum Gasteiger partial charge on any atom is -0.497 e. The number of nitrogens with zero attached hydrogens (tertiary/aromatic N) is 3. The van der Waals surface area contributed by atoms with E-state index in [0.29, 0.717) is 6.54 Å². The monoisotopic (exact) mass is 383 g/mol. The van der Waals surface area contributed by atoms with Gasteiger partial charge in [0.1, 0.15) is 11.3 Å². The number of nitrogens with two attached hydrogens (primary N) is 1. The average molecular weight is 384 g/mol. The van der Waals surface area contributed by atoms with Crippen molar-refractivity contribution >= 4 is 33.6 Å². The van der Waals surface area contributed by atoms with Crippen LogP contribution in [0.1, 0.15) is 11.1 Å². The Morgan fingerprint density at radius 1 is 1.16 bits per heavy atom. The van der Waals surface area contributed by atoms with Crippen molar-refractivity contribution in [3.05, 3.63) is 53.6 Å². The Balaban J connectivity index is 0.00000225. The minimum atomic E-state index is -3.69. The van der Waals surface area contributed by atoms with Crippen LogP contribution >= 0.6 is 12.4 Å². The van der Waals surface area contributed by atoms with Gasteiger partial charge in [0.15, 0.2) is 0 Å². The van der Waals surface area contributed by atoms with Crippen molar-refractivity contribution in [1.29, 1.82) is 0 Å². The van der Waals surface area contributed by atoms with E-state index in [-0.39, 0.29) is 19.0 Å². The molecule has 0 spiro atoms. The Morgan fingerprint density at radius 3 is 2.48 bits per heavy atom. The van der Waals surface area contributed by atoms with Crippen LogP contribution in [0.15, 0.2) is 42.5 Å². The third-order valence-corrected chi connectivity index (χ3v) is 4.10. The van der Waals surface area contributed by atoms with Crippen molar-refractivity contribution < 1.29 is 13.2 Å². The number of methoxy groups -OCH3 is 1. The SMILES string of the molecule is COc1ccc2c(c1)nnn2Cc1ccc(CNS(N)(=O)=O)cc1.Cl. The number of hydrogen-bond donors (Lipinski definition) is 2. The van der Waals surface area contributed by atoms with E-state index in [1.54, 1.807) is 11.8 Å². The molecule has 0 aliphatic rings. The molecular formula is C15H18ClN5O3S. The first-order valence-corrected chi connectivity index (χ1v) is 8.72. The number of hydrogen-bond acceptors (Lipinski definition) is 5. The Bertz CT molecular complexity index is 957. The summed E-state index contributed by atoms with van der Waals surface area (Å²) >= 11 is 0. The fourth-order valence-corrected chi connectivity index (χ4v) is 2.68. The number of fused-ring (bicyclic) bond motifs is 1. The first-order valence-electron chi connectivity index (χ1n) is 7.17. The smallest absolute Gasteiger partial charge is 0.274 e. The maximum atomic E-state index is 10.9. The Morgan fingerprint density at radius 2 is 1.84 bits per heavy atom. The van der Waals surface area contributed by atoms with E-state index < -0.39 is 10.2 Å². The molecule has 0 atom stereocenters. The molecular weight excluding hydrogens is 366 g/mol. The third kappa shape index (κ3) is 4.89. The number of halogens is 1. The normalized spacial score (nSPS) is 11.3. The van der Waals surface area contributed by atoms with Gasteiger partial charge in [0.05, 0.1) is 19.2 Å². The molecule has 10 heteroatoms. The van der Waals surface area contributed by atoms with E-state index in [9.17, 15) is 8.42 Å². The summed E-state index contributed by atoms with van der Waals surface area (Å²) in [6, 6.07) is 13.1. The molecule has 0 saturated heterocycles. The quantitative estimate of drug-likeness (QED) is 0.664. The van der Waals surface area contributed by atoms with Gasteiger partial charge in [0.2, 0.25) is 0 Å². The lowest BCUT2D eigenvalue weighted by Crippen LogP contribution is -2.30. The molecule has 8 nitrogen and oxygen atoms in total. The van der Waals surface area contributed by atoms with Crippen LogP contribution in [0, 0.1) is 0 Å². The predicted molar refractivity (Wildman–Crippen MR) is 96.8 cm³/mol. The predicted octanol–water partition coefficient (Wildman–Crippen LogP) is 1.20. The van der Waals surface area contributed by atoms with Gasteiger partial charge in [-0.1, -0.05) is 29.5 Å². The van der Waals surface area contributed by atoms with Crippen molar-refractivity contribution in [1.82, 2.24) is 19.7 Å². The van der Waals surface area contributed by atoms with E-state index >= 15 is 0 Å². The number of benzene rings is 2. The van der Waals surface area contributed by atoms with E-state index in [1.807, 2.05) is 42.5 Å². The van der Waals surface area contributed by atoms with E-state index in [1.165, 1.54) is 0 Å².